The number of pyridine rings is 1. The lowest BCUT2D eigenvalue weighted by Gasteiger charge is -2.13. The Morgan fingerprint density at radius 3 is 2.89 bits per heavy atom. The molecule has 1 amide bonds. The van der Waals surface area contributed by atoms with Gasteiger partial charge in [0, 0.05) is 24.0 Å². The fourth-order valence-electron chi connectivity index (χ4n) is 1.95. The second-order valence-electron chi connectivity index (χ2n) is 4.43. The third-order valence-electron chi connectivity index (χ3n) is 2.77. The monoisotopic (exact) mass is 273 g/mol. The summed E-state index contributed by atoms with van der Waals surface area (Å²) in [5.74, 6) is -0.208. The lowest BCUT2D eigenvalue weighted by Crippen LogP contribution is -2.35. The Balaban J connectivity index is 2.24. The summed E-state index contributed by atoms with van der Waals surface area (Å²) in [5.41, 5.74) is 5.89. The number of thiocarbonyl (C=S) groups is 1. The quantitative estimate of drug-likeness (QED) is 0.836. The first-order valence-electron chi connectivity index (χ1n) is 6.01. The third kappa shape index (κ3) is 3.26. The van der Waals surface area contributed by atoms with Crippen LogP contribution in [0, 0.1) is 0 Å². The van der Waals surface area contributed by atoms with Crippen molar-refractivity contribution in [2.45, 2.75) is 19.4 Å². The molecule has 1 atom stereocenters. The van der Waals surface area contributed by atoms with Gasteiger partial charge in [0.15, 0.2) is 0 Å². The first-order chi connectivity index (χ1) is 9.08. The summed E-state index contributed by atoms with van der Waals surface area (Å²) in [6, 6.07) is 9.43. The molecule has 0 bridgehead atoms. The summed E-state index contributed by atoms with van der Waals surface area (Å²) in [4.78, 5) is 16.7. The van der Waals surface area contributed by atoms with E-state index in [1.807, 2.05) is 37.3 Å². The molecule has 1 heterocycles. The molecular formula is C14H15N3OS. The maximum absolute atomic E-state index is 12.2. The first kappa shape index (κ1) is 13.4. The number of carbonyl (C=O) groups is 1. The van der Waals surface area contributed by atoms with Crippen LogP contribution in [0.5, 0.6) is 0 Å². The molecule has 0 saturated carbocycles. The molecule has 2 aromatic rings. The van der Waals surface area contributed by atoms with Crippen LogP contribution < -0.4 is 11.1 Å². The lowest BCUT2D eigenvalue weighted by atomic mass is 10.1. The molecule has 0 radical (unpaired) electrons. The van der Waals surface area contributed by atoms with Gasteiger partial charge in [-0.25, -0.2) is 0 Å². The van der Waals surface area contributed by atoms with Gasteiger partial charge < -0.3 is 11.1 Å². The topological polar surface area (TPSA) is 68.0 Å². The number of nitrogens with one attached hydrogen (secondary N) is 1. The van der Waals surface area contributed by atoms with Crippen molar-refractivity contribution < 1.29 is 4.79 Å². The molecule has 5 heteroatoms. The zero-order chi connectivity index (χ0) is 13.8. The molecule has 1 aromatic carbocycles. The highest BCUT2D eigenvalue weighted by Crippen LogP contribution is 2.16. The van der Waals surface area contributed by atoms with Crippen LogP contribution in [0.25, 0.3) is 10.8 Å². The van der Waals surface area contributed by atoms with E-state index in [0.717, 1.165) is 10.8 Å². The summed E-state index contributed by atoms with van der Waals surface area (Å²) < 4.78 is 0. The van der Waals surface area contributed by atoms with E-state index in [-0.39, 0.29) is 11.9 Å². The molecule has 0 aliphatic carbocycles. The van der Waals surface area contributed by atoms with E-state index in [1.54, 1.807) is 6.20 Å². The first-order valence-corrected chi connectivity index (χ1v) is 6.41. The Kier molecular flexibility index (Phi) is 4.06. The van der Waals surface area contributed by atoms with Crippen LogP contribution in [0.2, 0.25) is 0 Å². The SMILES string of the molecule is CC(CC(N)=S)NC(=O)c1nccc2ccccc12. The molecule has 0 aliphatic rings. The van der Waals surface area contributed by atoms with Crippen molar-refractivity contribution in [3.8, 4) is 0 Å². The lowest BCUT2D eigenvalue weighted by molar-refractivity contribution is 0.0938. The molecule has 4 nitrogen and oxygen atoms in total. The Bertz CT molecular complexity index is 622. The smallest absolute Gasteiger partial charge is 0.270 e. The Labute approximate surface area is 117 Å². The van der Waals surface area contributed by atoms with Crippen LogP contribution in [0.15, 0.2) is 36.5 Å². The van der Waals surface area contributed by atoms with Crippen molar-refractivity contribution in [1.82, 2.24) is 10.3 Å². The van der Waals surface area contributed by atoms with Crippen LogP contribution in [0.1, 0.15) is 23.8 Å². The number of nitrogens with zero attached hydrogens (tertiary/aromatic N) is 1. The van der Waals surface area contributed by atoms with Gasteiger partial charge in [0.1, 0.15) is 5.69 Å². The van der Waals surface area contributed by atoms with Crippen LogP contribution in [0.4, 0.5) is 0 Å². The predicted molar refractivity (Wildman–Crippen MR) is 80.1 cm³/mol. The minimum absolute atomic E-state index is 0.106. The normalized spacial score (nSPS) is 12.1. The number of benzene rings is 1. The third-order valence-corrected chi connectivity index (χ3v) is 2.94. The minimum atomic E-state index is -0.208. The minimum Gasteiger partial charge on any atom is -0.393 e. The van der Waals surface area contributed by atoms with E-state index in [1.165, 1.54) is 0 Å². The summed E-state index contributed by atoms with van der Waals surface area (Å²) in [6.07, 6.45) is 2.11. The van der Waals surface area contributed by atoms with Gasteiger partial charge in [-0.05, 0) is 18.4 Å². The number of carbonyl (C=O) groups excluding carboxylic acids is 1. The van der Waals surface area contributed by atoms with Crippen molar-refractivity contribution >= 4 is 33.9 Å². The Hall–Kier alpha value is -2.01. The van der Waals surface area contributed by atoms with Gasteiger partial charge in [0.25, 0.3) is 5.91 Å². The Morgan fingerprint density at radius 2 is 2.16 bits per heavy atom. The number of aromatic nitrogens is 1. The molecule has 3 N–H and O–H groups in total. The van der Waals surface area contributed by atoms with Crippen molar-refractivity contribution in [3.63, 3.8) is 0 Å². The van der Waals surface area contributed by atoms with E-state index in [4.69, 9.17) is 18.0 Å². The summed E-state index contributed by atoms with van der Waals surface area (Å²) in [5, 5.41) is 4.68. The molecular weight excluding hydrogens is 258 g/mol. The number of hydrogen-bond donors (Lipinski definition) is 2. The summed E-state index contributed by atoms with van der Waals surface area (Å²) >= 11 is 4.83. The van der Waals surface area contributed by atoms with Gasteiger partial charge in [0.05, 0.1) is 4.99 Å². The highest BCUT2D eigenvalue weighted by molar-refractivity contribution is 7.80. The highest BCUT2D eigenvalue weighted by atomic mass is 32.1. The van der Waals surface area contributed by atoms with E-state index in [2.05, 4.69) is 10.3 Å². The fraction of sp³-hybridized carbons (Fsp3) is 0.214. The zero-order valence-corrected chi connectivity index (χ0v) is 11.4. The van der Waals surface area contributed by atoms with E-state index >= 15 is 0 Å². The maximum Gasteiger partial charge on any atom is 0.270 e. The van der Waals surface area contributed by atoms with E-state index < -0.39 is 0 Å². The van der Waals surface area contributed by atoms with Gasteiger partial charge in [-0.2, -0.15) is 0 Å². The molecule has 0 fully saturated rings. The molecule has 1 unspecified atom stereocenters. The second kappa shape index (κ2) is 5.75. The summed E-state index contributed by atoms with van der Waals surface area (Å²) in [7, 11) is 0. The maximum atomic E-state index is 12.2. The van der Waals surface area contributed by atoms with E-state index in [9.17, 15) is 4.79 Å². The highest BCUT2D eigenvalue weighted by Gasteiger charge is 2.14. The molecule has 98 valence electrons. The van der Waals surface area contributed by atoms with Crippen molar-refractivity contribution in [2.24, 2.45) is 5.73 Å². The van der Waals surface area contributed by atoms with Gasteiger partial charge in [-0.1, -0.05) is 36.5 Å². The molecule has 1 aromatic heterocycles. The number of fused-ring (bicyclic) bond motifs is 1. The summed E-state index contributed by atoms with van der Waals surface area (Å²) in [6.45, 7) is 1.86. The van der Waals surface area contributed by atoms with Crippen LogP contribution in [-0.4, -0.2) is 21.9 Å². The van der Waals surface area contributed by atoms with Crippen molar-refractivity contribution in [2.75, 3.05) is 0 Å². The fourth-order valence-corrected chi connectivity index (χ4v) is 2.20. The van der Waals surface area contributed by atoms with Crippen LogP contribution in [-0.2, 0) is 0 Å². The molecule has 2 rings (SSSR count). The standard InChI is InChI=1S/C14H15N3OS/c1-9(8-12(15)19)17-14(18)13-11-5-3-2-4-10(11)6-7-16-13/h2-7,9H,8H2,1H3,(H2,15,19)(H,17,18). The van der Waals surface area contributed by atoms with Gasteiger partial charge >= 0.3 is 0 Å². The van der Waals surface area contributed by atoms with E-state index in [0.29, 0.717) is 17.1 Å². The Morgan fingerprint density at radius 1 is 1.42 bits per heavy atom. The average molecular weight is 273 g/mol. The van der Waals surface area contributed by atoms with Gasteiger partial charge in [0.2, 0.25) is 0 Å². The molecule has 0 aliphatic heterocycles. The number of rotatable bonds is 4. The molecule has 19 heavy (non-hydrogen) atoms. The molecule has 0 saturated heterocycles. The largest absolute Gasteiger partial charge is 0.393 e. The van der Waals surface area contributed by atoms with Crippen LogP contribution in [0.3, 0.4) is 0 Å². The number of nitrogens with two attached hydrogens (primary N) is 1. The van der Waals surface area contributed by atoms with Crippen molar-refractivity contribution in [3.05, 3.63) is 42.2 Å². The van der Waals surface area contributed by atoms with Gasteiger partial charge in [-0.3, -0.25) is 9.78 Å². The molecule has 0 spiro atoms. The number of hydrogen-bond acceptors (Lipinski definition) is 3. The van der Waals surface area contributed by atoms with Crippen LogP contribution >= 0.6 is 12.2 Å². The average Bonchev–Trinajstić information content (AvgIpc) is 2.36. The van der Waals surface area contributed by atoms with Crippen molar-refractivity contribution in [1.29, 1.82) is 0 Å². The second-order valence-corrected chi connectivity index (χ2v) is 4.95. The zero-order valence-electron chi connectivity index (χ0n) is 10.6. The number of amides is 1. The van der Waals surface area contributed by atoms with Gasteiger partial charge in [-0.15, -0.1) is 0 Å². The predicted octanol–water partition coefficient (Wildman–Crippen LogP) is 2.03.